The van der Waals surface area contributed by atoms with Crippen molar-refractivity contribution in [3.8, 4) is 5.75 Å². The number of hydrogen-bond donors (Lipinski definition) is 2. The fraction of sp³-hybridized carbons (Fsp3) is 0.542. The number of likely N-dealkylation sites (tertiary alicyclic amines) is 1. The van der Waals surface area contributed by atoms with Crippen LogP contribution in [0.15, 0.2) is 36.9 Å². The Balaban J connectivity index is 1.73. The van der Waals surface area contributed by atoms with E-state index in [-0.39, 0.29) is 31.5 Å². The van der Waals surface area contributed by atoms with Gasteiger partial charge in [-0.05, 0) is 49.9 Å². The molecule has 1 spiro atoms. The number of ether oxygens (including phenoxy) is 2. The molecule has 2 N–H and O–H groups in total. The van der Waals surface area contributed by atoms with Gasteiger partial charge >= 0.3 is 5.97 Å². The molecule has 9 nitrogen and oxygen atoms in total. The Hall–Kier alpha value is -2.91. The SMILES string of the molecule is C=CCN(C(=O)C1N(CCCCO)C(=O)[C@@H]2[C@H](C(=O)O)[C@@H]3CCC12O3)c1ccc(OC)cc1. The molecule has 9 heteroatoms. The zero-order chi connectivity index (χ0) is 23.8. The number of carbonyl (C=O) groups excluding carboxylic acids is 2. The summed E-state index contributed by atoms with van der Waals surface area (Å²) in [5, 5.41) is 19.0. The van der Waals surface area contributed by atoms with Crippen LogP contribution in [0.3, 0.4) is 0 Å². The number of nitrogens with zero attached hydrogens (tertiary/aromatic N) is 2. The fourth-order valence-corrected chi connectivity index (χ4v) is 5.71. The van der Waals surface area contributed by atoms with E-state index in [9.17, 15) is 24.6 Å². The number of benzene rings is 1. The molecule has 3 fully saturated rings. The fourth-order valence-electron chi connectivity index (χ4n) is 5.71. The first kappa shape index (κ1) is 23.3. The van der Waals surface area contributed by atoms with Crippen molar-refractivity contribution in [1.29, 1.82) is 0 Å². The highest BCUT2D eigenvalue weighted by Crippen LogP contribution is 2.58. The lowest BCUT2D eigenvalue weighted by Crippen LogP contribution is -2.56. The molecular weight excluding hydrogens is 428 g/mol. The minimum Gasteiger partial charge on any atom is -0.497 e. The van der Waals surface area contributed by atoms with E-state index >= 15 is 0 Å². The Kier molecular flexibility index (Phi) is 6.45. The smallest absolute Gasteiger partial charge is 0.310 e. The van der Waals surface area contributed by atoms with Gasteiger partial charge in [-0.15, -0.1) is 6.58 Å². The van der Waals surface area contributed by atoms with Crippen LogP contribution in [-0.2, 0) is 19.1 Å². The monoisotopic (exact) mass is 458 g/mol. The zero-order valence-corrected chi connectivity index (χ0v) is 18.7. The molecule has 3 heterocycles. The van der Waals surface area contributed by atoms with Gasteiger partial charge in [0, 0.05) is 25.4 Å². The van der Waals surface area contributed by atoms with Crippen molar-refractivity contribution in [2.45, 2.75) is 43.4 Å². The lowest BCUT2D eigenvalue weighted by Gasteiger charge is -2.36. The average molecular weight is 459 g/mol. The molecule has 1 aromatic carbocycles. The van der Waals surface area contributed by atoms with E-state index in [4.69, 9.17) is 9.47 Å². The van der Waals surface area contributed by atoms with Crippen LogP contribution in [0.25, 0.3) is 0 Å². The van der Waals surface area contributed by atoms with Crippen LogP contribution >= 0.6 is 0 Å². The molecule has 3 saturated heterocycles. The van der Waals surface area contributed by atoms with Crippen LogP contribution in [0, 0.1) is 11.8 Å². The van der Waals surface area contributed by atoms with Gasteiger partial charge in [0.15, 0.2) is 0 Å². The van der Waals surface area contributed by atoms with E-state index in [0.717, 1.165) is 0 Å². The first-order valence-electron chi connectivity index (χ1n) is 11.3. The number of carboxylic acids is 1. The van der Waals surface area contributed by atoms with Gasteiger partial charge in [-0.2, -0.15) is 0 Å². The minimum atomic E-state index is -1.16. The minimum absolute atomic E-state index is 0.0278. The van der Waals surface area contributed by atoms with Crippen molar-refractivity contribution in [1.82, 2.24) is 4.90 Å². The van der Waals surface area contributed by atoms with Crippen molar-refractivity contribution < 1.29 is 34.1 Å². The maximum atomic E-state index is 14.1. The quantitative estimate of drug-likeness (QED) is 0.403. The Morgan fingerprint density at radius 1 is 1.33 bits per heavy atom. The molecular formula is C24H30N2O7. The Morgan fingerprint density at radius 2 is 2.06 bits per heavy atom. The summed E-state index contributed by atoms with van der Waals surface area (Å²) >= 11 is 0. The number of rotatable bonds is 10. The number of hydrogen-bond acceptors (Lipinski definition) is 6. The first-order valence-corrected chi connectivity index (χ1v) is 11.3. The van der Waals surface area contributed by atoms with E-state index in [0.29, 0.717) is 37.1 Å². The van der Waals surface area contributed by atoms with Crippen LogP contribution in [-0.4, -0.2) is 77.4 Å². The summed E-state index contributed by atoms with van der Waals surface area (Å²) in [6.07, 6.45) is 2.97. The number of aliphatic hydroxyl groups is 1. The van der Waals surface area contributed by atoms with Gasteiger partial charge in [0.25, 0.3) is 5.91 Å². The molecule has 178 valence electrons. The second-order valence-corrected chi connectivity index (χ2v) is 8.79. The summed E-state index contributed by atoms with van der Waals surface area (Å²) in [6.45, 7) is 4.21. The first-order chi connectivity index (χ1) is 15.9. The van der Waals surface area contributed by atoms with Gasteiger partial charge in [0.05, 0.1) is 25.0 Å². The lowest BCUT2D eigenvalue weighted by atomic mass is 9.70. The van der Waals surface area contributed by atoms with Crippen LogP contribution in [0.2, 0.25) is 0 Å². The van der Waals surface area contributed by atoms with E-state index in [1.807, 2.05) is 0 Å². The number of unbranched alkanes of at least 4 members (excludes halogenated alkanes) is 1. The maximum absolute atomic E-state index is 14.1. The van der Waals surface area contributed by atoms with Crippen molar-refractivity contribution in [3.05, 3.63) is 36.9 Å². The van der Waals surface area contributed by atoms with Crippen molar-refractivity contribution >= 4 is 23.5 Å². The van der Waals surface area contributed by atoms with Gasteiger partial charge < -0.3 is 29.5 Å². The number of amides is 2. The molecule has 5 atom stereocenters. The summed E-state index contributed by atoms with van der Waals surface area (Å²) < 4.78 is 11.4. The molecule has 0 radical (unpaired) electrons. The zero-order valence-electron chi connectivity index (χ0n) is 18.7. The standard InChI is InChI=1S/C24H30N2O7/c1-3-12-25(15-6-8-16(32-2)9-7-15)22(29)20-24-11-10-17(33-24)18(23(30)31)19(24)21(28)26(20)13-4-5-14-27/h3,6-9,17-20,27H,1,4-5,10-14H2,2H3,(H,30,31)/t17-,18+,19-,20?,24?/m0/s1. The van der Waals surface area contributed by atoms with Crippen LogP contribution < -0.4 is 9.64 Å². The van der Waals surface area contributed by atoms with E-state index in [2.05, 4.69) is 6.58 Å². The molecule has 0 aliphatic carbocycles. The van der Waals surface area contributed by atoms with Crippen LogP contribution in [0.5, 0.6) is 5.75 Å². The number of methoxy groups -OCH3 is 1. The predicted molar refractivity (Wildman–Crippen MR) is 119 cm³/mol. The van der Waals surface area contributed by atoms with E-state index in [1.165, 1.54) is 4.90 Å². The third-order valence-corrected chi connectivity index (χ3v) is 7.09. The summed E-state index contributed by atoms with van der Waals surface area (Å²) in [6, 6.07) is 6.07. The molecule has 3 aliphatic rings. The van der Waals surface area contributed by atoms with Crippen molar-refractivity contribution in [2.24, 2.45) is 11.8 Å². The predicted octanol–water partition coefficient (Wildman–Crippen LogP) is 1.45. The Bertz CT molecular complexity index is 933. The molecule has 2 bridgehead atoms. The summed E-state index contributed by atoms with van der Waals surface area (Å²) in [4.78, 5) is 42.6. The van der Waals surface area contributed by atoms with Gasteiger partial charge in [-0.1, -0.05) is 6.08 Å². The van der Waals surface area contributed by atoms with Crippen LogP contribution in [0.1, 0.15) is 25.7 Å². The lowest BCUT2D eigenvalue weighted by molar-refractivity contribution is -0.149. The third-order valence-electron chi connectivity index (χ3n) is 7.09. The van der Waals surface area contributed by atoms with Gasteiger partial charge in [0.1, 0.15) is 17.4 Å². The third kappa shape index (κ3) is 3.69. The molecule has 2 unspecified atom stereocenters. The topological polar surface area (TPSA) is 117 Å². The highest BCUT2D eigenvalue weighted by molar-refractivity contribution is 6.04. The maximum Gasteiger partial charge on any atom is 0.310 e. The highest BCUT2D eigenvalue weighted by Gasteiger charge is 2.74. The second kappa shape index (κ2) is 9.15. The summed E-state index contributed by atoms with van der Waals surface area (Å²) in [7, 11) is 1.56. The number of fused-ring (bicyclic) bond motifs is 1. The van der Waals surface area contributed by atoms with E-state index in [1.54, 1.807) is 42.4 Å². The largest absolute Gasteiger partial charge is 0.497 e. The highest BCUT2D eigenvalue weighted by atomic mass is 16.5. The van der Waals surface area contributed by atoms with Crippen molar-refractivity contribution in [3.63, 3.8) is 0 Å². The van der Waals surface area contributed by atoms with Gasteiger partial charge in [-0.25, -0.2) is 0 Å². The number of anilines is 1. The number of aliphatic carboxylic acids is 1. The molecule has 1 aromatic rings. The number of aliphatic hydroxyl groups excluding tert-OH is 1. The second-order valence-electron chi connectivity index (χ2n) is 8.79. The molecule has 0 aromatic heterocycles. The Labute approximate surface area is 192 Å². The molecule has 33 heavy (non-hydrogen) atoms. The van der Waals surface area contributed by atoms with Gasteiger partial charge in [0.2, 0.25) is 5.91 Å². The normalized spacial score (nSPS) is 29.8. The molecule has 3 aliphatic heterocycles. The Morgan fingerprint density at radius 3 is 2.67 bits per heavy atom. The molecule has 0 saturated carbocycles. The summed E-state index contributed by atoms with van der Waals surface area (Å²) in [5.41, 5.74) is -0.543. The van der Waals surface area contributed by atoms with E-state index < -0.39 is 35.6 Å². The number of carboxylic acid groups (broad SMARTS) is 1. The van der Waals surface area contributed by atoms with Gasteiger partial charge in [-0.3, -0.25) is 14.4 Å². The molecule has 4 rings (SSSR count). The molecule has 2 amide bonds. The summed E-state index contributed by atoms with van der Waals surface area (Å²) in [5.74, 6) is -2.95. The number of carbonyl (C=O) groups is 3. The van der Waals surface area contributed by atoms with Crippen LogP contribution in [0.4, 0.5) is 5.69 Å². The van der Waals surface area contributed by atoms with Crippen molar-refractivity contribution in [2.75, 3.05) is 31.7 Å². The average Bonchev–Trinajstić information content (AvgIpc) is 3.45.